The van der Waals surface area contributed by atoms with E-state index >= 15 is 0 Å². The second kappa shape index (κ2) is 12.8. The molecular weight excluding hydrogens is 683 g/mol. The van der Waals surface area contributed by atoms with E-state index in [1.807, 2.05) is 60.7 Å². The van der Waals surface area contributed by atoms with Gasteiger partial charge in [0, 0.05) is 54.5 Å². The van der Waals surface area contributed by atoms with Crippen LogP contribution in [0.4, 0.5) is 0 Å². The summed E-state index contributed by atoms with van der Waals surface area (Å²) >= 11 is 0. The van der Waals surface area contributed by atoms with Crippen molar-refractivity contribution in [3.8, 4) is 5.69 Å². The highest BCUT2D eigenvalue weighted by Crippen LogP contribution is 2.49. The molecule has 0 radical (unpaired) electrons. The van der Waals surface area contributed by atoms with Crippen LogP contribution in [0.1, 0.15) is 11.1 Å². The predicted octanol–water partition coefficient (Wildman–Crippen LogP) is 12.4. The summed E-state index contributed by atoms with van der Waals surface area (Å²) in [6.45, 7) is 0.436. The highest BCUT2D eigenvalue weighted by Gasteiger charge is 2.25. The minimum Gasteiger partial charge on any atom is -0.352 e. The summed E-state index contributed by atoms with van der Waals surface area (Å²) in [4.78, 5) is 4.92. The Hall–Kier alpha value is -7.50. The largest absolute Gasteiger partial charge is 0.352 e. The van der Waals surface area contributed by atoms with Gasteiger partial charge in [0.2, 0.25) is 0 Å². The summed E-state index contributed by atoms with van der Waals surface area (Å²) in [6, 6.07) is 66.1. The minimum atomic E-state index is 0.207. The third-order valence-electron chi connectivity index (χ3n) is 11.2. The first kappa shape index (κ1) is 32.0. The smallest absolute Gasteiger partial charge is 0.154 e. The molecule has 0 bridgehead atoms. The number of fused-ring (bicyclic) bond motifs is 15. The van der Waals surface area contributed by atoms with Crippen molar-refractivity contribution >= 4 is 87.6 Å². The molecule has 56 heavy (non-hydrogen) atoms. The van der Waals surface area contributed by atoms with Crippen molar-refractivity contribution in [3.05, 3.63) is 199 Å². The average Bonchev–Trinajstić information content (AvgIpc) is 3.79. The lowest BCUT2D eigenvalue weighted by molar-refractivity contribution is 0.711. The van der Waals surface area contributed by atoms with Gasteiger partial charge in [0.25, 0.3) is 0 Å². The maximum Gasteiger partial charge on any atom is 0.154 e. The molecule has 11 aromatic rings. The van der Waals surface area contributed by atoms with Crippen molar-refractivity contribution in [2.75, 3.05) is 0 Å². The second-order valence-corrected chi connectivity index (χ2v) is 14.3. The van der Waals surface area contributed by atoms with Gasteiger partial charge >= 0.3 is 0 Å². The number of nitrogens with zero attached hydrogens (tertiary/aromatic N) is 3. The van der Waals surface area contributed by atoms with Crippen LogP contribution in [-0.2, 0) is 6.67 Å². The van der Waals surface area contributed by atoms with E-state index in [0.717, 1.165) is 22.3 Å². The Kier molecular flexibility index (Phi) is 7.32. The van der Waals surface area contributed by atoms with Gasteiger partial charge in [0.1, 0.15) is 5.84 Å². The first-order valence-corrected chi connectivity index (χ1v) is 19.0. The van der Waals surface area contributed by atoms with E-state index in [1.165, 1.54) is 70.4 Å². The molecule has 0 saturated heterocycles. The minimum absolute atomic E-state index is 0.207. The number of amidine groups is 2. The Morgan fingerprint density at radius 3 is 1.55 bits per heavy atom. The molecule has 0 aliphatic carbocycles. The molecule has 2 aromatic heterocycles. The van der Waals surface area contributed by atoms with Crippen LogP contribution in [0.15, 0.2) is 193 Å². The summed E-state index contributed by atoms with van der Waals surface area (Å²) < 4.78 is 4.88. The number of benzene rings is 9. The molecule has 9 aromatic carbocycles. The number of para-hydroxylation sites is 3. The van der Waals surface area contributed by atoms with Gasteiger partial charge in [0.05, 0.1) is 28.7 Å². The number of rotatable bonds is 5. The zero-order valence-corrected chi connectivity index (χ0v) is 30.4. The molecule has 0 aliphatic rings. The van der Waals surface area contributed by atoms with Gasteiger partial charge in [-0.05, 0) is 40.4 Å². The molecule has 0 spiro atoms. The van der Waals surface area contributed by atoms with Crippen molar-refractivity contribution in [1.29, 1.82) is 5.41 Å². The second-order valence-electron chi connectivity index (χ2n) is 14.3. The number of nitrogens with one attached hydrogen (secondary N) is 2. The fourth-order valence-electron chi connectivity index (χ4n) is 8.92. The monoisotopic (exact) mass is 717 g/mol. The van der Waals surface area contributed by atoms with Gasteiger partial charge in [0.15, 0.2) is 5.84 Å². The van der Waals surface area contributed by atoms with Crippen LogP contribution in [0.25, 0.3) is 81.6 Å². The zero-order valence-electron chi connectivity index (χ0n) is 30.4. The van der Waals surface area contributed by atoms with E-state index in [0.29, 0.717) is 12.5 Å². The van der Waals surface area contributed by atoms with Crippen molar-refractivity contribution in [2.24, 2.45) is 4.99 Å². The van der Waals surface area contributed by atoms with Crippen molar-refractivity contribution in [1.82, 2.24) is 14.5 Å². The molecule has 5 heteroatoms. The number of hydrogen-bond acceptors (Lipinski definition) is 1. The first-order chi connectivity index (χ1) is 27.8. The zero-order chi connectivity index (χ0) is 37.2. The van der Waals surface area contributed by atoms with Crippen LogP contribution < -0.4 is 5.32 Å². The highest BCUT2D eigenvalue weighted by atomic mass is 15.2. The topological polar surface area (TPSA) is 58.1 Å². The predicted molar refractivity (Wildman–Crippen MR) is 236 cm³/mol. The molecule has 5 nitrogen and oxygen atoms in total. The highest BCUT2D eigenvalue weighted by molar-refractivity contribution is 6.44. The Bertz CT molecular complexity index is 3360. The van der Waals surface area contributed by atoms with Crippen LogP contribution in [0.2, 0.25) is 0 Å². The van der Waals surface area contributed by atoms with Gasteiger partial charge in [-0.3, -0.25) is 5.41 Å². The lowest BCUT2D eigenvalue weighted by Gasteiger charge is -2.18. The maximum atomic E-state index is 8.98. The molecular formula is C51H35N5. The van der Waals surface area contributed by atoms with Gasteiger partial charge in [-0.25, -0.2) is 4.99 Å². The van der Waals surface area contributed by atoms with Crippen LogP contribution in [0.5, 0.6) is 0 Å². The Balaban J connectivity index is 1.28. The fourth-order valence-corrected chi connectivity index (χ4v) is 8.92. The Labute approximate surface area is 322 Å². The third kappa shape index (κ3) is 4.81. The van der Waals surface area contributed by atoms with E-state index in [2.05, 4.69) is 142 Å². The molecule has 0 saturated carbocycles. The molecule has 0 amide bonds. The Morgan fingerprint density at radius 1 is 0.429 bits per heavy atom. The summed E-state index contributed by atoms with van der Waals surface area (Å²) in [5, 5.41) is 25.0. The van der Waals surface area contributed by atoms with Gasteiger partial charge < -0.3 is 14.5 Å². The van der Waals surface area contributed by atoms with E-state index in [-0.39, 0.29) is 5.84 Å². The van der Waals surface area contributed by atoms with Crippen molar-refractivity contribution in [2.45, 2.75) is 6.67 Å². The summed E-state index contributed by atoms with van der Waals surface area (Å²) in [7, 11) is 0. The van der Waals surface area contributed by atoms with E-state index in [9.17, 15) is 0 Å². The summed E-state index contributed by atoms with van der Waals surface area (Å²) in [6.07, 6.45) is 0. The fraction of sp³-hybridized carbons (Fsp3) is 0.0196. The lowest BCUT2D eigenvalue weighted by atomic mass is 9.90. The summed E-state index contributed by atoms with van der Waals surface area (Å²) in [5.41, 5.74) is 7.53. The van der Waals surface area contributed by atoms with Crippen molar-refractivity contribution in [3.63, 3.8) is 0 Å². The molecule has 0 fully saturated rings. The number of hydrogen-bond donors (Lipinski definition) is 2. The number of aliphatic imine (C=N–C) groups is 1. The number of aromatic nitrogens is 2. The van der Waals surface area contributed by atoms with E-state index < -0.39 is 0 Å². The SMILES string of the molecule is N=C(/N=C(\NCn1c2ccccc2c2c3ccccc3c3c(c4ccccc4c4c3c3ccccc3n4-c3ccccc3)c21)c1ccccc1)c1ccccc1. The Morgan fingerprint density at radius 2 is 0.893 bits per heavy atom. The van der Waals surface area contributed by atoms with E-state index in [1.54, 1.807) is 0 Å². The van der Waals surface area contributed by atoms with Crippen LogP contribution in [-0.4, -0.2) is 20.8 Å². The third-order valence-corrected chi connectivity index (χ3v) is 11.2. The van der Waals surface area contributed by atoms with Crippen LogP contribution in [0, 0.1) is 5.41 Å². The van der Waals surface area contributed by atoms with Gasteiger partial charge in [-0.15, -0.1) is 0 Å². The van der Waals surface area contributed by atoms with Crippen LogP contribution in [0.3, 0.4) is 0 Å². The van der Waals surface area contributed by atoms with Crippen LogP contribution >= 0.6 is 0 Å². The molecule has 0 aliphatic heterocycles. The lowest BCUT2D eigenvalue weighted by Crippen LogP contribution is -2.28. The average molecular weight is 718 g/mol. The quantitative estimate of drug-likeness (QED) is 0.104. The molecule has 2 N–H and O–H groups in total. The standard InChI is InChI=1S/C51H35N5/c52-50(33-18-4-1-5-19-33)54-51(34-20-6-2-7-21-34)53-32-55-42-30-16-14-28-40(42)44-36-24-10-11-25-37(36)45-46(49(44)55)38-26-12-13-27-39(38)48-47(45)41-29-15-17-31-43(41)56(48)35-22-8-3-9-23-35/h1-31H,32H2,(H2,52,53,54). The van der Waals surface area contributed by atoms with Gasteiger partial charge in [-0.1, -0.05) is 164 Å². The van der Waals surface area contributed by atoms with Crippen molar-refractivity contribution < 1.29 is 0 Å². The molecule has 11 rings (SSSR count). The molecule has 0 atom stereocenters. The van der Waals surface area contributed by atoms with E-state index in [4.69, 9.17) is 10.4 Å². The first-order valence-electron chi connectivity index (χ1n) is 19.0. The molecule has 264 valence electrons. The maximum absolute atomic E-state index is 8.98. The van der Waals surface area contributed by atoms with Gasteiger partial charge in [-0.2, -0.15) is 0 Å². The molecule has 0 unspecified atom stereocenters. The summed E-state index contributed by atoms with van der Waals surface area (Å²) in [5.74, 6) is 0.854. The molecule has 2 heterocycles. The normalized spacial score (nSPS) is 12.2.